The van der Waals surface area contributed by atoms with Gasteiger partial charge in [-0.1, -0.05) is 24.3 Å². The van der Waals surface area contributed by atoms with Crippen LogP contribution in [-0.4, -0.2) is 18.1 Å². The third-order valence-electron chi connectivity index (χ3n) is 3.95. The average Bonchev–Trinajstić information content (AvgIpc) is 2.90. The van der Waals surface area contributed by atoms with Gasteiger partial charge in [0.1, 0.15) is 5.82 Å². The molecule has 108 valence electrons. The predicted molar refractivity (Wildman–Crippen MR) is 81.4 cm³/mol. The van der Waals surface area contributed by atoms with Gasteiger partial charge in [0, 0.05) is 0 Å². The van der Waals surface area contributed by atoms with Gasteiger partial charge in [0.2, 0.25) is 0 Å². The van der Waals surface area contributed by atoms with Crippen LogP contribution >= 0.6 is 0 Å². The van der Waals surface area contributed by atoms with Crippen molar-refractivity contribution in [3.05, 3.63) is 58.8 Å². The number of carbonyl (C=O) groups is 1. The first-order valence-electron chi connectivity index (χ1n) is 7.09. The average molecular weight is 282 g/mol. The molecule has 1 aromatic carbocycles. The van der Waals surface area contributed by atoms with Crippen LogP contribution in [0.25, 0.3) is 0 Å². The molecule has 0 radical (unpaired) electrons. The van der Waals surface area contributed by atoms with Crippen LogP contribution in [0.15, 0.2) is 36.4 Å². The normalized spacial score (nSPS) is 16.4. The number of methoxy groups -OCH3 is 1. The highest BCUT2D eigenvalue weighted by atomic mass is 16.5. The van der Waals surface area contributed by atoms with Crippen LogP contribution in [0.4, 0.5) is 5.82 Å². The number of nitrogens with zero attached hydrogens (tertiary/aromatic N) is 1. The molecule has 1 heterocycles. The third kappa shape index (κ3) is 2.61. The van der Waals surface area contributed by atoms with Gasteiger partial charge in [-0.3, -0.25) is 0 Å². The SMILES string of the molecule is COC(=O)c1ccc(NC2CCc3ccccc32)nc1C. The molecule has 0 bridgehead atoms. The van der Waals surface area contributed by atoms with E-state index in [1.54, 1.807) is 6.07 Å². The van der Waals surface area contributed by atoms with E-state index in [2.05, 4.69) is 34.6 Å². The Morgan fingerprint density at radius 2 is 2.10 bits per heavy atom. The van der Waals surface area contributed by atoms with Crippen LogP contribution < -0.4 is 5.32 Å². The number of aryl methyl sites for hydroxylation is 2. The maximum absolute atomic E-state index is 11.6. The van der Waals surface area contributed by atoms with E-state index in [9.17, 15) is 4.79 Å². The lowest BCUT2D eigenvalue weighted by molar-refractivity contribution is 0.0599. The number of ether oxygens (including phenoxy) is 1. The number of hydrogen-bond acceptors (Lipinski definition) is 4. The van der Waals surface area contributed by atoms with Gasteiger partial charge in [0.05, 0.1) is 24.4 Å². The Morgan fingerprint density at radius 3 is 2.86 bits per heavy atom. The Kier molecular flexibility index (Phi) is 3.60. The van der Waals surface area contributed by atoms with Crippen molar-refractivity contribution < 1.29 is 9.53 Å². The summed E-state index contributed by atoms with van der Waals surface area (Å²) in [5.74, 6) is 0.444. The number of nitrogens with one attached hydrogen (secondary N) is 1. The first-order valence-corrected chi connectivity index (χ1v) is 7.09. The molecule has 21 heavy (non-hydrogen) atoms. The summed E-state index contributed by atoms with van der Waals surface area (Å²) in [4.78, 5) is 16.0. The van der Waals surface area contributed by atoms with Gasteiger partial charge in [-0.05, 0) is 43.0 Å². The minimum atomic E-state index is -0.349. The van der Waals surface area contributed by atoms with Crippen LogP contribution in [0, 0.1) is 6.92 Å². The number of benzene rings is 1. The molecule has 1 unspecified atom stereocenters. The number of carbonyl (C=O) groups excluding carboxylic acids is 1. The van der Waals surface area contributed by atoms with Gasteiger partial charge >= 0.3 is 5.97 Å². The second kappa shape index (κ2) is 5.56. The number of esters is 1. The van der Waals surface area contributed by atoms with E-state index in [0.717, 1.165) is 18.7 Å². The molecular weight excluding hydrogens is 264 g/mol. The van der Waals surface area contributed by atoms with Crippen LogP contribution in [0.5, 0.6) is 0 Å². The molecule has 1 aliphatic carbocycles. The van der Waals surface area contributed by atoms with Gasteiger partial charge in [0.25, 0.3) is 0 Å². The second-order valence-electron chi connectivity index (χ2n) is 5.26. The number of anilines is 1. The fourth-order valence-electron chi connectivity index (χ4n) is 2.85. The van der Waals surface area contributed by atoms with E-state index in [4.69, 9.17) is 4.74 Å². The zero-order chi connectivity index (χ0) is 14.8. The summed E-state index contributed by atoms with van der Waals surface area (Å²) in [5, 5.41) is 3.46. The fourth-order valence-corrected chi connectivity index (χ4v) is 2.85. The summed E-state index contributed by atoms with van der Waals surface area (Å²) >= 11 is 0. The summed E-state index contributed by atoms with van der Waals surface area (Å²) in [5.41, 5.74) is 3.93. The van der Waals surface area contributed by atoms with Crippen molar-refractivity contribution >= 4 is 11.8 Å². The Bertz CT molecular complexity index is 682. The Labute approximate surface area is 124 Å². The van der Waals surface area contributed by atoms with E-state index >= 15 is 0 Å². The van der Waals surface area contributed by atoms with Crippen LogP contribution in [0.3, 0.4) is 0 Å². The molecule has 0 amide bonds. The van der Waals surface area contributed by atoms with Crippen LogP contribution in [0.2, 0.25) is 0 Å². The van der Waals surface area contributed by atoms with E-state index in [1.807, 2.05) is 13.0 Å². The van der Waals surface area contributed by atoms with E-state index in [-0.39, 0.29) is 12.0 Å². The van der Waals surface area contributed by atoms with Crippen molar-refractivity contribution in [1.82, 2.24) is 4.98 Å². The standard InChI is InChI=1S/C17H18N2O2/c1-11-13(17(20)21-2)8-10-16(18-11)19-15-9-7-12-5-3-4-6-14(12)15/h3-6,8,10,15H,7,9H2,1-2H3,(H,18,19). The molecule has 0 aliphatic heterocycles. The van der Waals surface area contributed by atoms with Gasteiger partial charge in [-0.2, -0.15) is 0 Å². The Hall–Kier alpha value is -2.36. The molecule has 1 N–H and O–H groups in total. The quantitative estimate of drug-likeness (QED) is 0.878. The lowest BCUT2D eigenvalue weighted by atomic mass is 10.1. The first kappa shape index (κ1) is 13.6. The molecule has 1 aliphatic rings. The first-order chi connectivity index (χ1) is 10.2. The maximum atomic E-state index is 11.6. The summed E-state index contributed by atoms with van der Waals surface area (Å²) in [6, 6.07) is 12.4. The summed E-state index contributed by atoms with van der Waals surface area (Å²) in [7, 11) is 1.38. The molecule has 3 rings (SSSR count). The Morgan fingerprint density at radius 1 is 1.29 bits per heavy atom. The van der Waals surface area contributed by atoms with Crippen LogP contribution in [-0.2, 0) is 11.2 Å². The highest BCUT2D eigenvalue weighted by Crippen LogP contribution is 2.33. The lowest BCUT2D eigenvalue weighted by Crippen LogP contribution is -2.11. The van der Waals surface area contributed by atoms with Crippen molar-refractivity contribution in [2.24, 2.45) is 0 Å². The highest BCUT2D eigenvalue weighted by Gasteiger charge is 2.22. The van der Waals surface area contributed by atoms with Crippen molar-refractivity contribution in [3.8, 4) is 0 Å². The van der Waals surface area contributed by atoms with Gasteiger partial charge in [0.15, 0.2) is 0 Å². The molecular formula is C17H18N2O2. The van der Waals surface area contributed by atoms with Crippen molar-refractivity contribution in [2.45, 2.75) is 25.8 Å². The van der Waals surface area contributed by atoms with E-state index in [1.165, 1.54) is 18.2 Å². The molecule has 4 heteroatoms. The highest BCUT2D eigenvalue weighted by molar-refractivity contribution is 5.90. The maximum Gasteiger partial charge on any atom is 0.339 e. The smallest absolute Gasteiger partial charge is 0.339 e. The largest absolute Gasteiger partial charge is 0.465 e. The lowest BCUT2D eigenvalue weighted by Gasteiger charge is -2.15. The number of pyridine rings is 1. The molecule has 1 atom stereocenters. The topological polar surface area (TPSA) is 51.2 Å². The number of hydrogen-bond donors (Lipinski definition) is 1. The minimum Gasteiger partial charge on any atom is -0.465 e. The van der Waals surface area contributed by atoms with E-state index in [0.29, 0.717) is 11.3 Å². The van der Waals surface area contributed by atoms with Crippen molar-refractivity contribution in [2.75, 3.05) is 12.4 Å². The molecule has 1 aromatic heterocycles. The van der Waals surface area contributed by atoms with Crippen molar-refractivity contribution in [1.29, 1.82) is 0 Å². The minimum absolute atomic E-state index is 0.289. The molecule has 0 saturated heterocycles. The fraction of sp³-hybridized carbons (Fsp3) is 0.294. The van der Waals surface area contributed by atoms with E-state index < -0.39 is 0 Å². The van der Waals surface area contributed by atoms with Gasteiger partial charge in [-0.25, -0.2) is 9.78 Å². The summed E-state index contributed by atoms with van der Waals surface area (Å²) in [6.07, 6.45) is 2.16. The van der Waals surface area contributed by atoms with Gasteiger partial charge in [-0.15, -0.1) is 0 Å². The summed E-state index contributed by atoms with van der Waals surface area (Å²) in [6.45, 7) is 1.82. The van der Waals surface area contributed by atoms with Crippen molar-refractivity contribution in [3.63, 3.8) is 0 Å². The second-order valence-corrected chi connectivity index (χ2v) is 5.26. The molecule has 2 aromatic rings. The summed E-state index contributed by atoms with van der Waals surface area (Å²) < 4.78 is 4.74. The predicted octanol–water partition coefficient (Wildman–Crippen LogP) is 3.28. The molecule has 0 spiro atoms. The number of rotatable bonds is 3. The molecule has 0 fully saturated rings. The Balaban J connectivity index is 1.81. The monoisotopic (exact) mass is 282 g/mol. The molecule has 4 nitrogen and oxygen atoms in total. The third-order valence-corrected chi connectivity index (χ3v) is 3.95. The number of fused-ring (bicyclic) bond motifs is 1. The number of aromatic nitrogens is 1. The molecule has 0 saturated carbocycles. The van der Waals surface area contributed by atoms with Crippen LogP contribution in [0.1, 0.15) is 39.6 Å². The zero-order valence-corrected chi connectivity index (χ0v) is 12.2. The van der Waals surface area contributed by atoms with Gasteiger partial charge < -0.3 is 10.1 Å². The zero-order valence-electron chi connectivity index (χ0n) is 12.2.